The van der Waals surface area contributed by atoms with Gasteiger partial charge in [-0.1, -0.05) is 6.92 Å². The first kappa shape index (κ1) is 11.9. The molecule has 2 heterocycles. The van der Waals surface area contributed by atoms with E-state index in [1.807, 2.05) is 6.07 Å². The molecule has 1 aliphatic rings. The van der Waals surface area contributed by atoms with E-state index >= 15 is 0 Å². The van der Waals surface area contributed by atoms with Crippen molar-refractivity contribution >= 4 is 5.82 Å². The minimum Gasteiger partial charge on any atom is -0.367 e. The molecule has 0 unspecified atom stereocenters. The van der Waals surface area contributed by atoms with Crippen molar-refractivity contribution in [2.75, 3.05) is 25.0 Å². The normalized spacial score (nSPS) is 17.6. The summed E-state index contributed by atoms with van der Waals surface area (Å²) in [6.45, 7) is 5.66. The third-order valence-corrected chi connectivity index (χ3v) is 3.28. The number of aromatic nitrogens is 1. The van der Waals surface area contributed by atoms with Crippen LogP contribution in [0.5, 0.6) is 0 Å². The highest BCUT2D eigenvalue weighted by Crippen LogP contribution is 2.14. The molecule has 1 aliphatic heterocycles. The molecule has 1 N–H and O–H groups in total. The van der Waals surface area contributed by atoms with Crippen LogP contribution in [0, 0.1) is 11.3 Å². The van der Waals surface area contributed by atoms with Gasteiger partial charge in [-0.25, -0.2) is 4.98 Å². The van der Waals surface area contributed by atoms with Crippen molar-refractivity contribution in [3.63, 3.8) is 0 Å². The van der Waals surface area contributed by atoms with Crippen LogP contribution in [0.25, 0.3) is 0 Å². The smallest absolute Gasteiger partial charge is 0.126 e. The number of anilines is 1. The predicted molar refractivity (Wildman–Crippen MR) is 67.7 cm³/mol. The van der Waals surface area contributed by atoms with Crippen molar-refractivity contribution < 1.29 is 0 Å². The van der Waals surface area contributed by atoms with E-state index in [4.69, 9.17) is 5.26 Å². The third kappa shape index (κ3) is 3.18. The summed E-state index contributed by atoms with van der Waals surface area (Å²) in [4.78, 5) is 6.70. The maximum absolute atomic E-state index is 8.69. The van der Waals surface area contributed by atoms with Gasteiger partial charge in [0.15, 0.2) is 0 Å². The zero-order valence-electron chi connectivity index (χ0n) is 10.2. The Labute approximate surface area is 102 Å². The molecule has 1 aromatic heterocycles. The van der Waals surface area contributed by atoms with Gasteiger partial charge in [0.2, 0.25) is 0 Å². The number of likely N-dealkylation sites (tertiary alicyclic amines) is 1. The van der Waals surface area contributed by atoms with E-state index in [-0.39, 0.29) is 0 Å². The lowest BCUT2D eigenvalue weighted by Crippen LogP contribution is -2.38. The summed E-state index contributed by atoms with van der Waals surface area (Å²) in [5, 5.41) is 12.1. The summed E-state index contributed by atoms with van der Waals surface area (Å²) in [7, 11) is 0. The first-order valence-electron chi connectivity index (χ1n) is 6.17. The number of hydrogen-bond donors (Lipinski definition) is 1. The number of pyridine rings is 1. The molecule has 0 amide bonds. The lowest BCUT2D eigenvalue weighted by Gasteiger charge is -2.31. The molecule has 0 aromatic carbocycles. The van der Waals surface area contributed by atoms with Crippen LogP contribution in [-0.2, 0) is 0 Å². The Kier molecular flexibility index (Phi) is 3.94. The molecular weight excluding hydrogens is 212 g/mol. The number of piperidine rings is 1. The second kappa shape index (κ2) is 5.65. The van der Waals surface area contributed by atoms with E-state index in [9.17, 15) is 0 Å². The Hall–Kier alpha value is -1.60. The molecule has 90 valence electrons. The van der Waals surface area contributed by atoms with Gasteiger partial charge in [-0.2, -0.15) is 5.26 Å². The van der Waals surface area contributed by atoms with Crippen molar-refractivity contribution in [3.8, 4) is 6.07 Å². The van der Waals surface area contributed by atoms with Crippen LogP contribution in [0.1, 0.15) is 25.3 Å². The molecule has 0 bridgehead atoms. The molecule has 1 saturated heterocycles. The molecule has 4 heteroatoms. The van der Waals surface area contributed by atoms with Gasteiger partial charge in [-0.15, -0.1) is 0 Å². The first-order valence-corrected chi connectivity index (χ1v) is 6.17. The molecule has 0 aliphatic carbocycles. The molecule has 2 rings (SSSR count). The van der Waals surface area contributed by atoms with Crippen LogP contribution >= 0.6 is 0 Å². The molecule has 1 fully saturated rings. The molecule has 0 radical (unpaired) electrons. The molecule has 1 aromatic rings. The van der Waals surface area contributed by atoms with Gasteiger partial charge < -0.3 is 10.2 Å². The Bertz CT molecular complexity index is 385. The second-order valence-electron chi connectivity index (χ2n) is 4.40. The standard InChI is InChI=1S/C13H18N4/c1-2-17-7-5-12(6-8-17)16-13-4-3-11(9-14)10-15-13/h3-4,10,12H,2,5-8H2,1H3,(H,15,16). The summed E-state index contributed by atoms with van der Waals surface area (Å²) < 4.78 is 0. The first-order chi connectivity index (χ1) is 8.31. The fourth-order valence-electron chi connectivity index (χ4n) is 2.15. The van der Waals surface area contributed by atoms with Gasteiger partial charge in [-0.05, 0) is 31.5 Å². The quantitative estimate of drug-likeness (QED) is 0.861. The Morgan fingerprint density at radius 3 is 2.76 bits per heavy atom. The van der Waals surface area contributed by atoms with E-state index < -0.39 is 0 Å². The molecule has 17 heavy (non-hydrogen) atoms. The summed E-state index contributed by atoms with van der Waals surface area (Å²) in [5.41, 5.74) is 0.608. The van der Waals surface area contributed by atoms with Gasteiger partial charge in [0.05, 0.1) is 5.56 Å². The summed E-state index contributed by atoms with van der Waals surface area (Å²) >= 11 is 0. The van der Waals surface area contributed by atoms with E-state index in [1.165, 1.54) is 0 Å². The molecule has 4 nitrogen and oxygen atoms in total. The van der Waals surface area contributed by atoms with Gasteiger partial charge in [0.1, 0.15) is 11.9 Å². The van der Waals surface area contributed by atoms with Crippen molar-refractivity contribution in [1.29, 1.82) is 5.26 Å². The number of rotatable bonds is 3. The fourth-order valence-corrected chi connectivity index (χ4v) is 2.15. The van der Waals surface area contributed by atoms with Crippen LogP contribution in [0.15, 0.2) is 18.3 Å². The summed E-state index contributed by atoms with van der Waals surface area (Å²) in [6.07, 6.45) is 3.94. The van der Waals surface area contributed by atoms with E-state index in [2.05, 4.69) is 28.2 Å². The average Bonchev–Trinajstić information content (AvgIpc) is 2.40. The summed E-state index contributed by atoms with van der Waals surface area (Å²) in [6, 6.07) is 6.27. The predicted octanol–water partition coefficient (Wildman–Crippen LogP) is 1.85. The Morgan fingerprint density at radius 2 is 2.24 bits per heavy atom. The number of nitriles is 1. The molecule has 0 spiro atoms. The van der Waals surface area contributed by atoms with Crippen molar-refractivity contribution in [2.24, 2.45) is 0 Å². The number of nitrogens with zero attached hydrogens (tertiary/aromatic N) is 3. The van der Waals surface area contributed by atoms with Crippen LogP contribution < -0.4 is 5.32 Å². The van der Waals surface area contributed by atoms with Crippen LogP contribution in [0.2, 0.25) is 0 Å². The topological polar surface area (TPSA) is 52.0 Å². The zero-order valence-corrected chi connectivity index (χ0v) is 10.2. The van der Waals surface area contributed by atoms with Crippen molar-refractivity contribution in [1.82, 2.24) is 9.88 Å². The summed E-state index contributed by atoms with van der Waals surface area (Å²) in [5.74, 6) is 0.874. The van der Waals surface area contributed by atoms with Gasteiger partial charge >= 0.3 is 0 Å². The lowest BCUT2D eigenvalue weighted by molar-refractivity contribution is 0.229. The highest BCUT2D eigenvalue weighted by molar-refractivity contribution is 5.39. The molecule has 0 atom stereocenters. The average molecular weight is 230 g/mol. The van der Waals surface area contributed by atoms with E-state index in [0.29, 0.717) is 11.6 Å². The number of hydrogen-bond acceptors (Lipinski definition) is 4. The Balaban J connectivity index is 1.87. The maximum Gasteiger partial charge on any atom is 0.126 e. The number of nitrogens with one attached hydrogen (secondary N) is 1. The molecular formula is C13H18N4. The fraction of sp³-hybridized carbons (Fsp3) is 0.538. The van der Waals surface area contributed by atoms with Crippen molar-refractivity contribution in [3.05, 3.63) is 23.9 Å². The van der Waals surface area contributed by atoms with Crippen molar-refractivity contribution in [2.45, 2.75) is 25.8 Å². The van der Waals surface area contributed by atoms with E-state index in [0.717, 1.165) is 38.3 Å². The zero-order chi connectivity index (χ0) is 12.1. The van der Waals surface area contributed by atoms with Crippen LogP contribution in [0.3, 0.4) is 0 Å². The minimum absolute atomic E-state index is 0.512. The minimum atomic E-state index is 0.512. The largest absolute Gasteiger partial charge is 0.367 e. The Morgan fingerprint density at radius 1 is 1.47 bits per heavy atom. The van der Waals surface area contributed by atoms with Gasteiger partial charge in [-0.3, -0.25) is 0 Å². The van der Waals surface area contributed by atoms with Gasteiger partial charge in [0, 0.05) is 25.3 Å². The lowest BCUT2D eigenvalue weighted by atomic mass is 10.1. The van der Waals surface area contributed by atoms with E-state index in [1.54, 1.807) is 12.3 Å². The second-order valence-corrected chi connectivity index (χ2v) is 4.40. The highest BCUT2D eigenvalue weighted by Gasteiger charge is 2.17. The third-order valence-electron chi connectivity index (χ3n) is 3.28. The van der Waals surface area contributed by atoms with Gasteiger partial charge in [0.25, 0.3) is 0 Å². The van der Waals surface area contributed by atoms with Crippen LogP contribution in [-0.4, -0.2) is 35.6 Å². The van der Waals surface area contributed by atoms with Crippen LogP contribution in [0.4, 0.5) is 5.82 Å². The highest BCUT2D eigenvalue weighted by atomic mass is 15.1. The maximum atomic E-state index is 8.69. The monoisotopic (exact) mass is 230 g/mol. The SMILES string of the molecule is CCN1CCC(Nc2ccc(C#N)cn2)CC1. The molecule has 0 saturated carbocycles.